The van der Waals surface area contributed by atoms with Gasteiger partial charge in [-0.15, -0.1) is 0 Å². The molecule has 0 saturated heterocycles. The first-order valence-corrected chi connectivity index (χ1v) is 7.68. The number of hydrogen-bond donors (Lipinski definition) is 2. The molecular formula is C17H27NO2. The van der Waals surface area contributed by atoms with Crippen LogP contribution in [0.3, 0.4) is 0 Å². The summed E-state index contributed by atoms with van der Waals surface area (Å²) < 4.78 is 5.77. The highest BCUT2D eigenvalue weighted by Gasteiger charge is 2.23. The highest BCUT2D eigenvalue weighted by Crippen LogP contribution is 2.29. The van der Waals surface area contributed by atoms with E-state index < -0.39 is 6.10 Å². The van der Waals surface area contributed by atoms with Gasteiger partial charge in [0.1, 0.15) is 18.5 Å². The summed E-state index contributed by atoms with van der Waals surface area (Å²) >= 11 is 0. The molecule has 1 fully saturated rings. The maximum absolute atomic E-state index is 10.0. The molecule has 2 atom stereocenters. The van der Waals surface area contributed by atoms with Crippen LogP contribution in [0.25, 0.3) is 0 Å². The minimum absolute atomic E-state index is 0.343. The van der Waals surface area contributed by atoms with Crippen LogP contribution in [0.1, 0.15) is 37.3 Å². The topological polar surface area (TPSA) is 41.5 Å². The number of rotatable bonds is 7. The Labute approximate surface area is 122 Å². The first kappa shape index (κ1) is 15.3. The molecule has 1 aromatic carbocycles. The minimum atomic E-state index is -0.462. The van der Waals surface area contributed by atoms with Crippen molar-refractivity contribution in [1.29, 1.82) is 0 Å². The first-order chi connectivity index (χ1) is 9.58. The first-order valence-electron chi connectivity index (χ1n) is 7.68. The van der Waals surface area contributed by atoms with Crippen LogP contribution in [0.5, 0.6) is 5.75 Å². The molecule has 2 rings (SSSR count). The van der Waals surface area contributed by atoms with Crippen LogP contribution in [-0.4, -0.2) is 30.4 Å². The van der Waals surface area contributed by atoms with Crippen LogP contribution in [0.2, 0.25) is 0 Å². The van der Waals surface area contributed by atoms with E-state index in [9.17, 15) is 5.11 Å². The van der Waals surface area contributed by atoms with E-state index in [2.05, 4.69) is 12.2 Å². The van der Waals surface area contributed by atoms with Crippen LogP contribution < -0.4 is 10.1 Å². The van der Waals surface area contributed by atoms with Gasteiger partial charge in [-0.25, -0.2) is 0 Å². The van der Waals surface area contributed by atoms with Gasteiger partial charge in [0, 0.05) is 12.6 Å². The number of aliphatic hydroxyl groups is 1. The highest BCUT2D eigenvalue weighted by molar-refractivity contribution is 5.39. The Bertz CT molecular complexity index is 409. The van der Waals surface area contributed by atoms with Gasteiger partial charge in [-0.1, -0.05) is 24.6 Å². The molecule has 1 aliphatic carbocycles. The Balaban J connectivity index is 1.73. The zero-order valence-corrected chi connectivity index (χ0v) is 12.9. The van der Waals surface area contributed by atoms with Gasteiger partial charge >= 0.3 is 0 Å². The molecule has 2 unspecified atom stereocenters. The number of hydrogen-bond acceptors (Lipinski definition) is 3. The van der Waals surface area contributed by atoms with Gasteiger partial charge in [0.15, 0.2) is 0 Å². The molecule has 20 heavy (non-hydrogen) atoms. The second-order valence-electron chi connectivity index (χ2n) is 6.07. The van der Waals surface area contributed by atoms with Crippen molar-refractivity contribution < 1.29 is 9.84 Å². The number of aliphatic hydroxyl groups excluding tert-OH is 1. The second kappa shape index (κ2) is 7.09. The monoisotopic (exact) mass is 277 g/mol. The van der Waals surface area contributed by atoms with Crippen molar-refractivity contribution in [2.24, 2.45) is 5.92 Å². The molecule has 0 bridgehead atoms. The van der Waals surface area contributed by atoms with Crippen molar-refractivity contribution in [2.75, 3.05) is 13.2 Å². The van der Waals surface area contributed by atoms with Crippen molar-refractivity contribution in [3.05, 3.63) is 29.3 Å². The standard InChI is InChI=1S/C17H27NO2/c1-12-6-4-7-13(2)17(12)20-11-16(19)10-18-14(3)15-8-5-9-15/h4,6-7,14-16,18-19H,5,8-11H2,1-3H3. The van der Waals surface area contributed by atoms with E-state index in [0.717, 1.165) is 22.8 Å². The lowest BCUT2D eigenvalue weighted by molar-refractivity contribution is 0.0975. The average molecular weight is 277 g/mol. The largest absolute Gasteiger partial charge is 0.490 e. The molecule has 0 aliphatic heterocycles. The Morgan fingerprint density at radius 3 is 2.50 bits per heavy atom. The van der Waals surface area contributed by atoms with Gasteiger partial charge in [-0.3, -0.25) is 0 Å². The summed E-state index contributed by atoms with van der Waals surface area (Å²) in [6, 6.07) is 6.59. The van der Waals surface area contributed by atoms with E-state index in [1.165, 1.54) is 19.3 Å². The summed E-state index contributed by atoms with van der Waals surface area (Å²) in [5.41, 5.74) is 2.24. The van der Waals surface area contributed by atoms with Crippen LogP contribution in [0, 0.1) is 19.8 Å². The molecule has 1 aliphatic rings. The van der Waals surface area contributed by atoms with Crippen molar-refractivity contribution >= 4 is 0 Å². The zero-order valence-electron chi connectivity index (χ0n) is 12.9. The Morgan fingerprint density at radius 1 is 1.30 bits per heavy atom. The number of ether oxygens (including phenoxy) is 1. The lowest BCUT2D eigenvalue weighted by atomic mass is 9.80. The summed E-state index contributed by atoms with van der Waals surface area (Å²) in [6.45, 7) is 7.22. The molecular weight excluding hydrogens is 250 g/mol. The van der Waals surface area contributed by atoms with Crippen LogP contribution in [0.15, 0.2) is 18.2 Å². The van der Waals surface area contributed by atoms with E-state index in [-0.39, 0.29) is 0 Å². The fourth-order valence-electron chi connectivity index (χ4n) is 2.69. The van der Waals surface area contributed by atoms with Crippen molar-refractivity contribution in [3.8, 4) is 5.75 Å². The lowest BCUT2D eigenvalue weighted by Crippen LogP contribution is -2.42. The third-order valence-electron chi connectivity index (χ3n) is 4.36. The Kier molecular flexibility index (Phi) is 5.44. The lowest BCUT2D eigenvalue weighted by Gasteiger charge is -2.32. The highest BCUT2D eigenvalue weighted by atomic mass is 16.5. The third kappa shape index (κ3) is 3.97. The quantitative estimate of drug-likeness (QED) is 0.805. The number of aryl methyl sites for hydroxylation is 2. The van der Waals surface area contributed by atoms with Crippen LogP contribution in [-0.2, 0) is 0 Å². The number of para-hydroxylation sites is 1. The SMILES string of the molecule is Cc1cccc(C)c1OCC(O)CNC(C)C1CCC1. The molecule has 112 valence electrons. The van der Waals surface area contributed by atoms with E-state index in [0.29, 0.717) is 19.2 Å². The zero-order chi connectivity index (χ0) is 14.5. The van der Waals surface area contributed by atoms with Gasteiger partial charge < -0.3 is 15.2 Å². The van der Waals surface area contributed by atoms with Crippen LogP contribution >= 0.6 is 0 Å². The number of nitrogens with one attached hydrogen (secondary N) is 1. The molecule has 1 saturated carbocycles. The predicted octanol–water partition coefficient (Wildman–Crippen LogP) is 2.82. The fraction of sp³-hybridized carbons (Fsp3) is 0.647. The van der Waals surface area contributed by atoms with Crippen molar-refractivity contribution in [1.82, 2.24) is 5.32 Å². The molecule has 0 amide bonds. The molecule has 0 radical (unpaired) electrons. The van der Waals surface area contributed by atoms with E-state index >= 15 is 0 Å². The van der Waals surface area contributed by atoms with Crippen molar-refractivity contribution in [3.63, 3.8) is 0 Å². The average Bonchev–Trinajstić information content (AvgIpc) is 2.33. The number of benzene rings is 1. The van der Waals surface area contributed by atoms with Crippen LogP contribution in [0.4, 0.5) is 0 Å². The Hall–Kier alpha value is -1.06. The summed E-state index contributed by atoms with van der Waals surface area (Å²) in [4.78, 5) is 0. The molecule has 1 aromatic rings. The summed E-state index contributed by atoms with van der Waals surface area (Å²) in [7, 11) is 0. The van der Waals surface area contributed by atoms with E-state index in [4.69, 9.17) is 4.74 Å². The molecule has 0 spiro atoms. The van der Waals surface area contributed by atoms with Gasteiger partial charge in [-0.05, 0) is 50.7 Å². The third-order valence-corrected chi connectivity index (χ3v) is 4.36. The normalized spacial score (nSPS) is 18.4. The summed E-state index contributed by atoms with van der Waals surface area (Å²) in [6.07, 6.45) is 3.54. The van der Waals surface area contributed by atoms with E-state index in [1.807, 2.05) is 32.0 Å². The molecule has 3 nitrogen and oxygen atoms in total. The van der Waals surface area contributed by atoms with Crippen molar-refractivity contribution in [2.45, 2.75) is 52.2 Å². The molecule has 0 heterocycles. The molecule has 0 aromatic heterocycles. The Morgan fingerprint density at radius 2 is 1.95 bits per heavy atom. The van der Waals surface area contributed by atoms with Gasteiger partial charge in [0.05, 0.1) is 0 Å². The molecule has 2 N–H and O–H groups in total. The second-order valence-corrected chi connectivity index (χ2v) is 6.07. The summed E-state index contributed by atoms with van der Waals surface area (Å²) in [5.74, 6) is 1.69. The van der Waals surface area contributed by atoms with Gasteiger partial charge in [0.2, 0.25) is 0 Å². The maximum Gasteiger partial charge on any atom is 0.125 e. The van der Waals surface area contributed by atoms with Gasteiger partial charge in [0.25, 0.3) is 0 Å². The minimum Gasteiger partial charge on any atom is -0.490 e. The maximum atomic E-state index is 10.0. The predicted molar refractivity (Wildman–Crippen MR) is 82.2 cm³/mol. The smallest absolute Gasteiger partial charge is 0.125 e. The molecule has 3 heteroatoms. The summed E-state index contributed by atoms with van der Waals surface area (Å²) in [5, 5.41) is 13.4. The fourth-order valence-corrected chi connectivity index (χ4v) is 2.69. The van der Waals surface area contributed by atoms with E-state index in [1.54, 1.807) is 0 Å². The van der Waals surface area contributed by atoms with Gasteiger partial charge in [-0.2, -0.15) is 0 Å².